The van der Waals surface area contributed by atoms with Crippen LogP contribution in [0, 0.1) is 0 Å². The van der Waals surface area contributed by atoms with Crippen molar-refractivity contribution < 1.29 is 24.6 Å². The van der Waals surface area contributed by atoms with Crippen LogP contribution in [0.25, 0.3) is 0 Å². The molecule has 92 valence electrons. The van der Waals surface area contributed by atoms with Crippen LogP contribution in [0.5, 0.6) is 0 Å². The average Bonchev–Trinajstić information content (AvgIpc) is 2.29. The Morgan fingerprint density at radius 3 is 1.76 bits per heavy atom. The Balaban J connectivity index is 0.000000366. The first kappa shape index (κ1) is 14.6. The van der Waals surface area contributed by atoms with E-state index in [1.807, 2.05) is 30.3 Å². The van der Waals surface area contributed by atoms with Crippen LogP contribution in [0.2, 0.25) is 0 Å². The molecule has 0 heterocycles. The highest BCUT2D eigenvalue weighted by molar-refractivity contribution is 6.27. The number of carbonyl (C=O) groups excluding carboxylic acids is 1. The van der Waals surface area contributed by atoms with Crippen molar-refractivity contribution in [3.8, 4) is 0 Å². The van der Waals surface area contributed by atoms with Crippen LogP contribution < -0.4 is 5.73 Å². The fourth-order valence-corrected chi connectivity index (χ4v) is 0.906. The average molecular weight is 239 g/mol. The van der Waals surface area contributed by atoms with Gasteiger partial charge in [-0.05, 0) is 12.5 Å². The van der Waals surface area contributed by atoms with E-state index in [0.717, 1.165) is 5.56 Å². The summed E-state index contributed by atoms with van der Waals surface area (Å²) in [6.45, 7) is 1.80. The minimum atomic E-state index is -1.82. The number of carbonyl (C=O) groups is 3. The van der Waals surface area contributed by atoms with E-state index in [1.165, 1.54) is 0 Å². The highest BCUT2D eigenvalue weighted by atomic mass is 16.4. The molecule has 17 heavy (non-hydrogen) atoms. The maximum Gasteiger partial charge on any atom is 0.414 e. The number of amides is 1. The van der Waals surface area contributed by atoms with E-state index in [1.54, 1.807) is 6.92 Å². The number of carboxylic acid groups (broad SMARTS) is 2. The van der Waals surface area contributed by atoms with Crippen molar-refractivity contribution >= 4 is 17.8 Å². The van der Waals surface area contributed by atoms with Gasteiger partial charge in [0, 0.05) is 0 Å². The van der Waals surface area contributed by atoms with Crippen LogP contribution in [-0.4, -0.2) is 28.1 Å². The fraction of sp³-hybridized carbons (Fsp3) is 0.182. The lowest BCUT2D eigenvalue weighted by Crippen LogP contribution is -2.18. The van der Waals surface area contributed by atoms with Gasteiger partial charge in [0.2, 0.25) is 5.91 Å². The number of primary amides is 1. The molecule has 1 aromatic carbocycles. The third-order valence-corrected chi connectivity index (χ3v) is 1.91. The second-order valence-corrected chi connectivity index (χ2v) is 3.15. The normalized spacial score (nSPS) is 10.6. The SMILES string of the molecule is CC(C(N)=O)c1ccccc1.O=C(O)C(=O)O. The molecule has 6 heteroatoms. The molecule has 1 aromatic rings. The van der Waals surface area contributed by atoms with Crippen molar-refractivity contribution in [2.75, 3.05) is 0 Å². The Morgan fingerprint density at radius 2 is 1.47 bits per heavy atom. The van der Waals surface area contributed by atoms with E-state index in [-0.39, 0.29) is 11.8 Å². The zero-order chi connectivity index (χ0) is 13.4. The molecule has 0 spiro atoms. The first-order valence-electron chi connectivity index (χ1n) is 4.66. The van der Waals surface area contributed by atoms with Crippen LogP contribution in [0.1, 0.15) is 18.4 Å². The van der Waals surface area contributed by atoms with Gasteiger partial charge in [0.15, 0.2) is 0 Å². The lowest BCUT2D eigenvalue weighted by molar-refractivity contribution is -0.159. The second kappa shape index (κ2) is 7.00. The Morgan fingerprint density at radius 1 is 1.06 bits per heavy atom. The second-order valence-electron chi connectivity index (χ2n) is 3.15. The Bertz CT molecular complexity index is 390. The van der Waals surface area contributed by atoms with Gasteiger partial charge in [0.05, 0.1) is 5.92 Å². The molecule has 0 bridgehead atoms. The number of benzene rings is 1. The van der Waals surface area contributed by atoms with Gasteiger partial charge in [0.1, 0.15) is 0 Å². The van der Waals surface area contributed by atoms with Crippen LogP contribution >= 0.6 is 0 Å². The molecule has 1 atom stereocenters. The van der Waals surface area contributed by atoms with E-state index in [9.17, 15) is 4.79 Å². The molecule has 1 rings (SSSR count). The largest absolute Gasteiger partial charge is 0.473 e. The van der Waals surface area contributed by atoms with E-state index < -0.39 is 11.9 Å². The summed E-state index contributed by atoms with van der Waals surface area (Å²) in [4.78, 5) is 28.9. The third kappa shape index (κ3) is 5.93. The molecule has 0 aliphatic rings. The predicted molar refractivity (Wildman–Crippen MR) is 59.3 cm³/mol. The van der Waals surface area contributed by atoms with Crippen LogP contribution in [0.3, 0.4) is 0 Å². The summed E-state index contributed by atoms with van der Waals surface area (Å²) in [5, 5.41) is 14.8. The molecule has 0 saturated carbocycles. The lowest BCUT2D eigenvalue weighted by atomic mass is 10.0. The first-order chi connectivity index (χ1) is 7.86. The van der Waals surface area contributed by atoms with Gasteiger partial charge in [0.25, 0.3) is 0 Å². The molecule has 6 nitrogen and oxygen atoms in total. The highest BCUT2D eigenvalue weighted by Crippen LogP contribution is 2.12. The monoisotopic (exact) mass is 239 g/mol. The van der Waals surface area contributed by atoms with Crippen molar-refractivity contribution in [2.45, 2.75) is 12.8 Å². The van der Waals surface area contributed by atoms with Gasteiger partial charge in [-0.3, -0.25) is 4.79 Å². The molecule has 1 unspecified atom stereocenters. The number of hydrogen-bond acceptors (Lipinski definition) is 3. The summed E-state index contributed by atoms with van der Waals surface area (Å²) in [5.74, 6) is -4.11. The molecule has 0 aliphatic carbocycles. The van der Waals surface area contributed by atoms with Crippen molar-refractivity contribution in [2.24, 2.45) is 5.73 Å². The van der Waals surface area contributed by atoms with E-state index in [0.29, 0.717) is 0 Å². The summed E-state index contributed by atoms with van der Waals surface area (Å²) < 4.78 is 0. The standard InChI is InChI=1S/C9H11NO.C2H2O4/c1-7(9(10)11)8-5-3-2-4-6-8;3-1(4)2(5)6/h2-7H,1H3,(H2,10,11);(H,3,4)(H,5,6). The zero-order valence-corrected chi connectivity index (χ0v) is 9.16. The molecular weight excluding hydrogens is 226 g/mol. The third-order valence-electron chi connectivity index (χ3n) is 1.91. The minimum absolute atomic E-state index is 0.184. The predicted octanol–water partition coefficient (Wildman–Crippen LogP) is 0.431. The first-order valence-corrected chi connectivity index (χ1v) is 4.66. The Labute approximate surface area is 97.7 Å². The van der Waals surface area contributed by atoms with Crippen LogP contribution in [-0.2, 0) is 14.4 Å². The summed E-state index contributed by atoms with van der Waals surface area (Å²) in [5.41, 5.74) is 6.10. The number of carboxylic acids is 2. The minimum Gasteiger partial charge on any atom is -0.473 e. The Hall–Kier alpha value is -2.37. The summed E-state index contributed by atoms with van der Waals surface area (Å²) in [7, 11) is 0. The quantitative estimate of drug-likeness (QED) is 0.647. The van der Waals surface area contributed by atoms with E-state index >= 15 is 0 Å². The van der Waals surface area contributed by atoms with Gasteiger partial charge in [-0.15, -0.1) is 0 Å². The Kier molecular flexibility index (Phi) is 6.02. The molecular formula is C11H13NO5. The molecule has 0 fully saturated rings. The van der Waals surface area contributed by atoms with Crippen LogP contribution in [0.4, 0.5) is 0 Å². The topological polar surface area (TPSA) is 118 Å². The van der Waals surface area contributed by atoms with Gasteiger partial charge >= 0.3 is 11.9 Å². The van der Waals surface area contributed by atoms with Gasteiger partial charge in [-0.2, -0.15) is 0 Å². The maximum atomic E-state index is 10.7. The summed E-state index contributed by atoms with van der Waals surface area (Å²) in [6.07, 6.45) is 0. The van der Waals surface area contributed by atoms with Crippen molar-refractivity contribution in [1.29, 1.82) is 0 Å². The van der Waals surface area contributed by atoms with Gasteiger partial charge < -0.3 is 15.9 Å². The van der Waals surface area contributed by atoms with Crippen molar-refractivity contribution in [3.05, 3.63) is 35.9 Å². The zero-order valence-electron chi connectivity index (χ0n) is 9.16. The van der Waals surface area contributed by atoms with E-state index in [4.69, 9.17) is 25.5 Å². The van der Waals surface area contributed by atoms with Gasteiger partial charge in [-0.25, -0.2) is 9.59 Å². The molecule has 1 amide bonds. The van der Waals surface area contributed by atoms with Crippen LogP contribution in [0.15, 0.2) is 30.3 Å². The number of hydrogen-bond donors (Lipinski definition) is 3. The molecule has 0 saturated heterocycles. The fourth-order valence-electron chi connectivity index (χ4n) is 0.906. The number of aliphatic carboxylic acids is 2. The van der Waals surface area contributed by atoms with E-state index in [2.05, 4.69) is 0 Å². The van der Waals surface area contributed by atoms with Crippen molar-refractivity contribution in [3.63, 3.8) is 0 Å². The summed E-state index contributed by atoms with van der Waals surface area (Å²) >= 11 is 0. The maximum absolute atomic E-state index is 10.7. The highest BCUT2D eigenvalue weighted by Gasteiger charge is 2.09. The summed E-state index contributed by atoms with van der Waals surface area (Å²) in [6, 6.07) is 9.51. The lowest BCUT2D eigenvalue weighted by Gasteiger charge is -2.05. The molecule has 0 radical (unpaired) electrons. The van der Waals surface area contributed by atoms with Crippen molar-refractivity contribution in [1.82, 2.24) is 0 Å². The van der Waals surface area contributed by atoms with Gasteiger partial charge in [-0.1, -0.05) is 30.3 Å². The smallest absolute Gasteiger partial charge is 0.414 e. The molecule has 0 aliphatic heterocycles. The molecule has 0 aromatic heterocycles. The molecule has 4 N–H and O–H groups in total. The number of nitrogens with two attached hydrogens (primary N) is 1. The number of rotatable bonds is 2.